The third-order valence-electron chi connectivity index (χ3n) is 2.70. The zero-order valence-electron chi connectivity index (χ0n) is 11.9. The molecule has 0 spiro atoms. The quantitative estimate of drug-likeness (QED) is 0.557. The minimum Gasteiger partial charge on any atom is -0.506 e. The highest BCUT2D eigenvalue weighted by Gasteiger charge is 2.31. The number of hydrogen-bond donors (Lipinski definition) is 3. The maximum Gasteiger partial charge on any atom is 0.416 e. The smallest absolute Gasteiger partial charge is 0.416 e. The van der Waals surface area contributed by atoms with Gasteiger partial charge in [-0.1, -0.05) is 11.6 Å². The van der Waals surface area contributed by atoms with Crippen molar-refractivity contribution < 1.29 is 27.5 Å². The molecule has 4 N–H and O–H groups in total. The second kappa shape index (κ2) is 7.78. The number of phenolic OH excluding ortho intramolecular Hbond substituents is 1. The summed E-state index contributed by atoms with van der Waals surface area (Å²) in [6.45, 7) is 0. The van der Waals surface area contributed by atoms with Gasteiger partial charge >= 0.3 is 6.18 Å². The van der Waals surface area contributed by atoms with Crippen LogP contribution in [-0.2, 0) is 6.18 Å². The number of carbonyl (C=O) groups excluding carboxylic acids is 1. The molecular formula is C15H11ClF4N2O2. The average Bonchev–Trinajstić information content (AvgIpc) is 2.50. The Kier molecular flexibility index (Phi) is 6.30. The van der Waals surface area contributed by atoms with E-state index in [0.29, 0.717) is 23.9 Å². The first-order valence-electron chi connectivity index (χ1n) is 6.21. The number of nitrogens with one attached hydrogen (secondary N) is 1. The molecule has 0 bridgehead atoms. The number of hydrogen-bond acceptors (Lipinski definition) is 3. The van der Waals surface area contributed by atoms with Crippen LogP contribution >= 0.6 is 11.6 Å². The fourth-order valence-electron chi connectivity index (χ4n) is 1.51. The van der Waals surface area contributed by atoms with Gasteiger partial charge in [-0.2, -0.15) is 13.2 Å². The number of alkyl halides is 3. The summed E-state index contributed by atoms with van der Waals surface area (Å²) in [6, 6.07) is 6.35. The number of halogens is 5. The molecule has 9 heteroatoms. The SMILES string of the molecule is N=Cc1cc(C(F)(F)F)cc(Cl)c1O.NC(=O)c1ccc(F)cc1. The molecule has 0 aliphatic carbocycles. The zero-order chi connectivity index (χ0) is 18.5. The summed E-state index contributed by atoms with van der Waals surface area (Å²) in [5.74, 6) is -1.43. The molecule has 0 radical (unpaired) electrons. The Labute approximate surface area is 139 Å². The number of carbonyl (C=O) groups is 1. The van der Waals surface area contributed by atoms with E-state index in [9.17, 15) is 22.4 Å². The first-order valence-corrected chi connectivity index (χ1v) is 6.59. The highest BCUT2D eigenvalue weighted by atomic mass is 35.5. The van der Waals surface area contributed by atoms with Crippen molar-refractivity contribution in [2.24, 2.45) is 5.73 Å². The molecule has 2 aromatic carbocycles. The lowest BCUT2D eigenvalue weighted by molar-refractivity contribution is -0.137. The Hall–Kier alpha value is -2.61. The zero-order valence-corrected chi connectivity index (χ0v) is 12.6. The number of nitrogens with two attached hydrogens (primary N) is 1. The summed E-state index contributed by atoms with van der Waals surface area (Å²) < 4.78 is 48.8. The highest BCUT2D eigenvalue weighted by molar-refractivity contribution is 6.32. The van der Waals surface area contributed by atoms with Crippen molar-refractivity contribution in [2.45, 2.75) is 6.18 Å². The molecule has 0 unspecified atom stereocenters. The average molecular weight is 363 g/mol. The molecule has 2 rings (SSSR count). The second-order valence-electron chi connectivity index (χ2n) is 4.41. The second-order valence-corrected chi connectivity index (χ2v) is 4.82. The van der Waals surface area contributed by atoms with E-state index in [1.165, 1.54) is 24.3 Å². The lowest BCUT2D eigenvalue weighted by Crippen LogP contribution is -2.10. The number of rotatable bonds is 2. The molecule has 0 fully saturated rings. The molecule has 0 aromatic heterocycles. The van der Waals surface area contributed by atoms with E-state index in [2.05, 4.69) is 0 Å². The van der Waals surface area contributed by atoms with Gasteiger partial charge in [-0.25, -0.2) is 4.39 Å². The van der Waals surface area contributed by atoms with Gasteiger partial charge in [0.05, 0.1) is 10.6 Å². The van der Waals surface area contributed by atoms with Gasteiger partial charge in [0.25, 0.3) is 0 Å². The first kappa shape index (κ1) is 19.4. The lowest BCUT2D eigenvalue weighted by atomic mass is 10.1. The van der Waals surface area contributed by atoms with Crippen LogP contribution in [0.25, 0.3) is 0 Å². The van der Waals surface area contributed by atoms with Crippen molar-refractivity contribution in [3.63, 3.8) is 0 Å². The summed E-state index contributed by atoms with van der Waals surface area (Å²) >= 11 is 5.35. The van der Waals surface area contributed by atoms with Crippen LogP contribution in [0.5, 0.6) is 5.75 Å². The van der Waals surface area contributed by atoms with Crippen LogP contribution in [0.2, 0.25) is 5.02 Å². The molecule has 0 heterocycles. The van der Waals surface area contributed by atoms with Gasteiger partial charge in [-0.05, 0) is 36.4 Å². The Morgan fingerprint density at radius 3 is 2.17 bits per heavy atom. The van der Waals surface area contributed by atoms with Gasteiger partial charge in [-0.3, -0.25) is 4.79 Å². The number of primary amides is 1. The van der Waals surface area contributed by atoms with Gasteiger partial charge in [0.1, 0.15) is 11.6 Å². The van der Waals surface area contributed by atoms with E-state index >= 15 is 0 Å². The van der Waals surface area contributed by atoms with Crippen LogP contribution < -0.4 is 5.73 Å². The third-order valence-corrected chi connectivity index (χ3v) is 2.99. The number of benzene rings is 2. The van der Waals surface area contributed by atoms with Crippen LogP contribution in [0, 0.1) is 11.2 Å². The van der Waals surface area contributed by atoms with Gasteiger partial charge < -0.3 is 16.2 Å². The van der Waals surface area contributed by atoms with E-state index in [1.54, 1.807) is 0 Å². The van der Waals surface area contributed by atoms with Crippen molar-refractivity contribution in [1.82, 2.24) is 0 Å². The summed E-state index contributed by atoms with van der Waals surface area (Å²) in [5.41, 5.74) is 3.98. The van der Waals surface area contributed by atoms with Crippen LogP contribution in [0.3, 0.4) is 0 Å². The molecule has 0 aliphatic rings. The molecule has 2 aromatic rings. The van der Waals surface area contributed by atoms with E-state index in [-0.39, 0.29) is 11.4 Å². The molecule has 128 valence electrons. The van der Waals surface area contributed by atoms with E-state index in [0.717, 1.165) is 0 Å². The molecule has 0 saturated heterocycles. The van der Waals surface area contributed by atoms with Crippen LogP contribution in [0.1, 0.15) is 21.5 Å². The fourth-order valence-corrected chi connectivity index (χ4v) is 1.73. The standard InChI is InChI=1S/C8H5ClF3NO.C7H6FNO/c9-6-2-5(8(10,11)12)1-4(3-13)7(6)14;8-6-3-1-5(2-4-6)7(9)10/h1-3,13-14H;1-4H,(H2,9,10). The van der Waals surface area contributed by atoms with Crippen LogP contribution in [0.15, 0.2) is 36.4 Å². The van der Waals surface area contributed by atoms with E-state index in [4.69, 9.17) is 27.9 Å². The summed E-state index contributed by atoms with van der Waals surface area (Å²) in [5, 5.41) is 15.5. The minimum atomic E-state index is -4.53. The summed E-state index contributed by atoms with van der Waals surface area (Å²) in [6.07, 6.45) is -3.93. The molecule has 0 atom stereocenters. The Balaban J connectivity index is 0.000000254. The van der Waals surface area contributed by atoms with Crippen molar-refractivity contribution in [3.8, 4) is 5.75 Å². The van der Waals surface area contributed by atoms with Crippen molar-refractivity contribution in [3.05, 3.63) is 63.9 Å². The summed E-state index contributed by atoms with van der Waals surface area (Å²) in [4.78, 5) is 10.4. The van der Waals surface area contributed by atoms with Crippen molar-refractivity contribution in [1.29, 1.82) is 5.41 Å². The number of aromatic hydroxyl groups is 1. The predicted octanol–water partition coefficient (Wildman–Crippen LogP) is 3.99. The summed E-state index contributed by atoms with van der Waals surface area (Å²) in [7, 11) is 0. The Morgan fingerprint density at radius 1 is 1.21 bits per heavy atom. The fraction of sp³-hybridized carbons (Fsp3) is 0.0667. The normalized spacial score (nSPS) is 10.5. The maximum absolute atomic E-state index is 12.2. The van der Waals surface area contributed by atoms with Crippen molar-refractivity contribution >= 4 is 23.7 Å². The molecule has 1 amide bonds. The lowest BCUT2D eigenvalue weighted by Gasteiger charge is -2.09. The monoisotopic (exact) mass is 362 g/mol. The largest absolute Gasteiger partial charge is 0.506 e. The van der Waals surface area contributed by atoms with Gasteiger partial charge in [-0.15, -0.1) is 0 Å². The topological polar surface area (TPSA) is 87.2 Å². The molecule has 0 aliphatic heterocycles. The Bertz CT molecular complexity index is 746. The van der Waals surface area contributed by atoms with E-state index < -0.39 is 28.4 Å². The van der Waals surface area contributed by atoms with Gasteiger partial charge in [0, 0.05) is 17.3 Å². The van der Waals surface area contributed by atoms with Crippen LogP contribution in [0.4, 0.5) is 17.6 Å². The number of amides is 1. The van der Waals surface area contributed by atoms with Crippen LogP contribution in [-0.4, -0.2) is 17.2 Å². The molecule has 0 saturated carbocycles. The molecular weight excluding hydrogens is 352 g/mol. The van der Waals surface area contributed by atoms with Crippen molar-refractivity contribution in [2.75, 3.05) is 0 Å². The van der Waals surface area contributed by atoms with Gasteiger partial charge in [0.2, 0.25) is 5.91 Å². The minimum absolute atomic E-state index is 0.259. The molecule has 24 heavy (non-hydrogen) atoms. The van der Waals surface area contributed by atoms with Gasteiger partial charge in [0.15, 0.2) is 0 Å². The first-order chi connectivity index (χ1) is 11.1. The number of phenols is 1. The molecule has 4 nitrogen and oxygen atoms in total. The maximum atomic E-state index is 12.2. The third kappa shape index (κ3) is 5.24. The Morgan fingerprint density at radius 2 is 1.75 bits per heavy atom. The highest BCUT2D eigenvalue weighted by Crippen LogP contribution is 2.36. The predicted molar refractivity (Wildman–Crippen MR) is 80.9 cm³/mol. The van der Waals surface area contributed by atoms with E-state index in [1.807, 2.05) is 0 Å².